The maximum atomic E-state index is 11.5. The van der Waals surface area contributed by atoms with Crippen molar-refractivity contribution in [2.45, 2.75) is 40.2 Å². The van der Waals surface area contributed by atoms with Gasteiger partial charge in [0.1, 0.15) is 11.4 Å². The van der Waals surface area contributed by atoms with E-state index in [0.717, 1.165) is 0 Å². The second-order valence-electron chi connectivity index (χ2n) is 5.61. The molecule has 1 rings (SSSR count). The number of carbonyl (C=O) groups excluding carboxylic acids is 1. The fourth-order valence-electron chi connectivity index (χ4n) is 1.86. The monoisotopic (exact) mass is 280 g/mol. The number of carboxylic acids is 1. The fourth-order valence-corrected chi connectivity index (χ4v) is 1.86. The number of esters is 1. The molecule has 110 valence electrons. The van der Waals surface area contributed by atoms with Crippen LogP contribution in [0.15, 0.2) is 12.1 Å². The van der Waals surface area contributed by atoms with E-state index in [1.165, 1.54) is 0 Å². The van der Waals surface area contributed by atoms with Crippen molar-refractivity contribution in [2.75, 3.05) is 6.61 Å². The first-order valence-corrected chi connectivity index (χ1v) is 6.29. The number of rotatable bonds is 4. The molecule has 5 nitrogen and oxygen atoms in total. The van der Waals surface area contributed by atoms with Crippen LogP contribution in [0.25, 0.3) is 0 Å². The van der Waals surface area contributed by atoms with Crippen LogP contribution in [0.3, 0.4) is 0 Å². The quantitative estimate of drug-likeness (QED) is 0.858. The maximum Gasteiger partial charge on any atom is 0.344 e. The van der Waals surface area contributed by atoms with Crippen molar-refractivity contribution in [3.05, 3.63) is 28.8 Å². The summed E-state index contributed by atoms with van der Waals surface area (Å²) in [6.45, 7) is 8.51. The molecule has 0 unspecified atom stereocenters. The van der Waals surface area contributed by atoms with Gasteiger partial charge in [0.15, 0.2) is 6.61 Å². The van der Waals surface area contributed by atoms with Crippen LogP contribution in [0.1, 0.15) is 42.3 Å². The minimum absolute atomic E-state index is 0.206. The number of carbonyl (C=O) groups is 2. The molecule has 0 spiro atoms. The van der Waals surface area contributed by atoms with Crippen LogP contribution in [0.4, 0.5) is 0 Å². The first kappa shape index (κ1) is 16.0. The number of ether oxygens (including phenoxy) is 2. The molecule has 20 heavy (non-hydrogen) atoms. The highest BCUT2D eigenvalue weighted by molar-refractivity contribution is 5.91. The summed E-state index contributed by atoms with van der Waals surface area (Å²) in [5.74, 6) is -0.982. The third-order valence-corrected chi connectivity index (χ3v) is 2.50. The van der Waals surface area contributed by atoms with Gasteiger partial charge in [-0.2, -0.15) is 0 Å². The molecule has 1 aromatic carbocycles. The summed E-state index contributed by atoms with van der Waals surface area (Å²) in [6.07, 6.45) is 0. The maximum absolute atomic E-state index is 11.5. The van der Waals surface area contributed by atoms with Crippen LogP contribution in [0.5, 0.6) is 5.75 Å². The number of aryl methyl sites for hydroxylation is 2. The van der Waals surface area contributed by atoms with E-state index in [0.29, 0.717) is 16.9 Å². The van der Waals surface area contributed by atoms with Gasteiger partial charge in [0.05, 0.1) is 5.56 Å². The summed E-state index contributed by atoms with van der Waals surface area (Å²) in [6, 6.07) is 3.20. The van der Waals surface area contributed by atoms with Crippen molar-refractivity contribution in [3.8, 4) is 5.75 Å². The smallest absolute Gasteiger partial charge is 0.344 e. The van der Waals surface area contributed by atoms with E-state index in [4.69, 9.17) is 14.6 Å². The van der Waals surface area contributed by atoms with Crippen LogP contribution in [0.2, 0.25) is 0 Å². The molecule has 5 heteroatoms. The molecular weight excluding hydrogens is 260 g/mol. The van der Waals surface area contributed by atoms with E-state index in [2.05, 4.69) is 0 Å². The predicted octanol–water partition coefficient (Wildman–Crippen LogP) is 2.72. The Balaban J connectivity index is 2.76. The van der Waals surface area contributed by atoms with E-state index in [-0.39, 0.29) is 12.2 Å². The Labute approximate surface area is 118 Å². The minimum Gasteiger partial charge on any atom is -0.482 e. The summed E-state index contributed by atoms with van der Waals surface area (Å²) in [5.41, 5.74) is 0.891. The summed E-state index contributed by atoms with van der Waals surface area (Å²) in [5, 5.41) is 9.07. The average Bonchev–Trinajstić information content (AvgIpc) is 2.22. The number of hydrogen-bond donors (Lipinski definition) is 1. The Kier molecular flexibility index (Phi) is 4.76. The van der Waals surface area contributed by atoms with E-state index >= 15 is 0 Å². The molecule has 0 aliphatic rings. The lowest BCUT2D eigenvalue weighted by atomic mass is 10.0. The van der Waals surface area contributed by atoms with Crippen LogP contribution >= 0.6 is 0 Å². The molecule has 0 radical (unpaired) electrons. The summed E-state index contributed by atoms with van der Waals surface area (Å²) in [4.78, 5) is 22.6. The van der Waals surface area contributed by atoms with Crippen molar-refractivity contribution in [1.29, 1.82) is 0 Å². The number of carboxylic acid groups (broad SMARTS) is 1. The highest BCUT2D eigenvalue weighted by atomic mass is 16.6. The highest BCUT2D eigenvalue weighted by Gasteiger charge is 2.17. The Morgan fingerprint density at radius 3 is 2.05 bits per heavy atom. The molecule has 0 aliphatic heterocycles. The second kappa shape index (κ2) is 5.94. The van der Waals surface area contributed by atoms with Gasteiger partial charge < -0.3 is 14.6 Å². The van der Waals surface area contributed by atoms with Gasteiger partial charge in [0.2, 0.25) is 0 Å². The molecule has 0 bridgehead atoms. The summed E-state index contributed by atoms with van der Waals surface area (Å²) >= 11 is 0. The molecule has 0 heterocycles. The number of benzene rings is 1. The van der Waals surface area contributed by atoms with Crippen molar-refractivity contribution in [3.63, 3.8) is 0 Å². The van der Waals surface area contributed by atoms with Gasteiger partial charge in [-0.3, -0.25) is 0 Å². The van der Waals surface area contributed by atoms with E-state index in [1.54, 1.807) is 46.8 Å². The Morgan fingerprint density at radius 2 is 1.65 bits per heavy atom. The van der Waals surface area contributed by atoms with Gasteiger partial charge in [0, 0.05) is 0 Å². The normalized spacial score (nSPS) is 11.1. The zero-order valence-electron chi connectivity index (χ0n) is 12.4. The van der Waals surface area contributed by atoms with Crippen LogP contribution < -0.4 is 4.74 Å². The van der Waals surface area contributed by atoms with E-state index in [9.17, 15) is 9.59 Å². The van der Waals surface area contributed by atoms with Gasteiger partial charge >= 0.3 is 11.9 Å². The molecule has 0 amide bonds. The number of aromatic carboxylic acids is 1. The lowest BCUT2D eigenvalue weighted by Crippen LogP contribution is -2.27. The largest absolute Gasteiger partial charge is 0.482 e. The van der Waals surface area contributed by atoms with Crippen LogP contribution in [-0.4, -0.2) is 29.3 Å². The van der Waals surface area contributed by atoms with Crippen LogP contribution in [0, 0.1) is 13.8 Å². The average molecular weight is 280 g/mol. The molecule has 1 aromatic rings. The van der Waals surface area contributed by atoms with Crippen molar-refractivity contribution in [1.82, 2.24) is 0 Å². The van der Waals surface area contributed by atoms with Crippen molar-refractivity contribution >= 4 is 11.9 Å². The van der Waals surface area contributed by atoms with Crippen LogP contribution in [-0.2, 0) is 9.53 Å². The molecule has 0 atom stereocenters. The lowest BCUT2D eigenvalue weighted by Gasteiger charge is -2.19. The Hall–Kier alpha value is -2.04. The summed E-state index contributed by atoms with van der Waals surface area (Å²) in [7, 11) is 0. The standard InChI is InChI=1S/C15H20O5/c1-9-6-11(7-10(2)13(9)14(17)18)19-8-12(16)20-15(3,4)5/h6-7H,8H2,1-5H3,(H,17,18). The van der Waals surface area contributed by atoms with Gasteiger partial charge in [-0.05, 0) is 57.9 Å². The van der Waals surface area contributed by atoms with Crippen molar-refractivity contribution in [2.24, 2.45) is 0 Å². The van der Waals surface area contributed by atoms with E-state index in [1.807, 2.05) is 0 Å². The zero-order valence-corrected chi connectivity index (χ0v) is 12.4. The number of hydrogen-bond acceptors (Lipinski definition) is 4. The Morgan fingerprint density at radius 1 is 1.15 bits per heavy atom. The third kappa shape index (κ3) is 4.57. The lowest BCUT2D eigenvalue weighted by molar-refractivity contribution is -0.157. The second-order valence-corrected chi connectivity index (χ2v) is 5.61. The fraction of sp³-hybridized carbons (Fsp3) is 0.467. The first-order chi connectivity index (χ1) is 9.10. The molecule has 0 saturated carbocycles. The Bertz CT molecular complexity index is 503. The minimum atomic E-state index is -0.973. The van der Waals surface area contributed by atoms with Gasteiger partial charge in [-0.15, -0.1) is 0 Å². The topological polar surface area (TPSA) is 72.8 Å². The van der Waals surface area contributed by atoms with Crippen molar-refractivity contribution < 1.29 is 24.2 Å². The molecule has 0 saturated heterocycles. The third-order valence-electron chi connectivity index (χ3n) is 2.50. The molecule has 0 fully saturated rings. The molecular formula is C15H20O5. The predicted molar refractivity (Wildman–Crippen MR) is 74.2 cm³/mol. The SMILES string of the molecule is Cc1cc(OCC(=O)OC(C)(C)C)cc(C)c1C(=O)O. The highest BCUT2D eigenvalue weighted by Crippen LogP contribution is 2.22. The van der Waals surface area contributed by atoms with E-state index < -0.39 is 17.5 Å². The van der Waals surface area contributed by atoms with Gasteiger partial charge in [-0.25, -0.2) is 9.59 Å². The molecule has 0 aromatic heterocycles. The summed E-state index contributed by atoms with van der Waals surface area (Å²) < 4.78 is 10.5. The molecule has 1 N–H and O–H groups in total. The van der Waals surface area contributed by atoms with Gasteiger partial charge in [0.25, 0.3) is 0 Å². The van der Waals surface area contributed by atoms with Gasteiger partial charge in [-0.1, -0.05) is 0 Å². The molecule has 0 aliphatic carbocycles. The zero-order chi connectivity index (χ0) is 15.5. The first-order valence-electron chi connectivity index (χ1n) is 6.29.